The molecule has 1 heterocycles. The third-order valence-corrected chi connectivity index (χ3v) is 5.06. The molecule has 0 aliphatic heterocycles. The van der Waals surface area contributed by atoms with Crippen molar-refractivity contribution < 1.29 is 9.53 Å². The van der Waals surface area contributed by atoms with Crippen LogP contribution in [0.2, 0.25) is 0 Å². The number of aromatic nitrogens is 2. The van der Waals surface area contributed by atoms with Crippen molar-refractivity contribution in [3.8, 4) is 5.75 Å². The van der Waals surface area contributed by atoms with Gasteiger partial charge in [-0.15, -0.1) is 0 Å². The molecule has 156 valence electrons. The van der Waals surface area contributed by atoms with Gasteiger partial charge in [0, 0.05) is 31.1 Å². The second kappa shape index (κ2) is 8.99. The van der Waals surface area contributed by atoms with E-state index in [1.54, 1.807) is 19.4 Å². The summed E-state index contributed by atoms with van der Waals surface area (Å²) in [5, 5.41) is 3.07. The van der Waals surface area contributed by atoms with Crippen LogP contribution in [0.3, 0.4) is 0 Å². The molecule has 0 saturated heterocycles. The highest BCUT2D eigenvalue weighted by molar-refractivity contribution is 5.92. The van der Waals surface area contributed by atoms with Gasteiger partial charge in [0.1, 0.15) is 17.6 Å². The topological polar surface area (TPSA) is 56.1 Å². The Balaban J connectivity index is 1.82. The van der Waals surface area contributed by atoms with Crippen LogP contribution in [0, 0.1) is 0 Å². The molecule has 0 saturated carbocycles. The van der Waals surface area contributed by atoms with Gasteiger partial charge < -0.3 is 14.6 Å². The molecule has 5 heteroatoms. The Hall–Kier alpha value is -3.34. The molecule has 1 aromatic heterocycles. The van der Waals surface area contributed by atoms with E-state index in [1.165, 1.54) is 5.56 Å². The summed E-state index contributed by atoms with van der Waals surface area (Å²) in [5.41, 5.74) is 3.19. The standard InChI is InChI=1S/C25H29N3O2/c1-25(2,3)19-13-10-18(11-14-19)12-15-22(29)27-23(24-26-16-17-28(24)4)20-8-6-7-9-21(20)30-5/h6-17,23H,1-5H3,(H,27,29)/b15-12+. The normalized spacial score (nSPS) is 12.7. The Labute approximate surface area is 178 Å². The van der Waals surface area contributed by atoms with E-state index in [1.807, 2.05) is 60.3 Å². The SMILES string of the molecule is COc1ccccc1C(NC(=O)/C=C/c1ccc(C(C)(C)C)cc1)c1nccn1C. The monoisotopic (exact) mass is 403 g/mol. The number of nitrogens with one attached hydrogen (secondary N) is 1. The van der Waals surface area contributed by atoms with Crippen molar-refractivity contribution >= 4 is 12.0 Å². The van der Waals surface area contributed by atoms with Gasteiger partial charge in [0.2, 0.25) is 5.91 Å². The van der Waals surface area contributed by atoms with Crippen LogP contribution in [-0.2, 0) is 17.3 Å². The number of methoxy groups -OCH3 is 1. The lowest BCUT2D eigenvalue weighted by Crippen LogP contribution is -2.30. The molecular weight excluding hydrogens is 374 g/mol. The van der Waals surface area contributed by atoms with Gasteiger partial charge in [-0.2, -0.15) is 0 Å². The lowest BCUT2D eigenvalue weighted by molar-refractivity contribution is -0.117. The highest BCUT2D eigenvalue weighted by atomic mass is 16.5. The molecule has 0 bridgehead atoms. The van der Waals surface area contributed by atoms with Crippen LogP contribution in [0.15, 0.2) is 67.0 Å². The van der Waals surface area contributed by atoms with E-state index in [9.17, 15) is 4.79 Å². The van der Waals surface area contributed by atoms with Crippen LogP contribution < -0.4 is 10.1 Å². The maximum atomic E-state index is 12.8. The summed E-state index contributed by atoms with van der Waals surface area (Å²) in [6.07, 6.45) is 6.95. The van der Waals surface area contributed by atoms with Crippen molar-refractivity contribution in [3.63, 3.8) is 0 Å². The number of amides is 1. The number of aryl methyl sites for hydroxylation is 1. The van der Waals surface area contributed by atoms with Gasteiger partial charge in [-0.3, -0.25) is 4.79 Å². The van der Waals surface area contributed by atoms with Crippen LogP contribution in [-0.4, -0.2) is 22.6 Å². The molecule has 0 fully saturated rings. The van der Waals surface area contributed by atoms with Gasteiger partial charge >= 0.3 is 0 Å². The summed E-state index contributed by atoms with van der Waals surface area (Å²) in [6.45, 7) is 6.54. The molecular formula is C25H29N3O2. The Kier molecular flexibility index (Phi) is 6.40. The van der Waals surface area contributed by atoms with Crippen molar-refractivity contribution in [2.45, 2.75) is 32.2 Å². The van der Waals surface area contributed by atoms with E-state index in [0.717, 1.165) is 17.0 Å². The zero-order chi connectivity index (χ0) is 21.7. The Bertz CT molecular complexity index is 1030. The second-order valence-corrected chi connectivity index (χ2v) is 8.29. The number of hydrogen-bond acceptors (Lipinski definition) is 3. The van der Waals surface area contributed by atoms with Crippen LogP contribution in [0.25, 0.3) is 6.08 Å². The summed E-state index contributed by atoms with van der Waals surface area (Å²) in [7, 11) is 3.53. The van der Waals surface area contributed by atoms with Gasteiger partial charge in [-0.25, -0.2) is 4.98 Å². The van der Waals surface area contributed by atoms with Gasteiger partial charge in [0.15, 0.2) is 0 Å². The summed E-state index contributed by atoms with van der Waals surface area (Å²) in [6, 6.07) is 15.5. The quantitative estimate of drug-likeness (QED) is 0.610. The first kappa shape index (κ1) is 21.4. The van der Waals surface area contributed by atoms with Gasteiger partial charge in [-0.1, -0.05) is 63.2 Å². The van der Waals surface area contributed by atoms with Gasteiger partial charge in [0.25, 0.3) is 0 Å². The fourth-order valence-corrected chi connectivity index (χ4v) is 3.30. The maximum Gasteiger partial charge on any atom is 0.244 e. The second-order valence-electron chi connectivity index (χ2n) is 8.29. The van der Waals surface area contributed by atoms with Gasteiger partial charge in [-0.05, 0) is 28.7 Å². The molecule has 1 atom stereocenters. The fraction of sp³-hybridized carbons (Fsp3) is 0.280. The first-order valence-corrected chi connectivity index (χ1v) is 9.99. The summed E-state index contributed by atoms with van der Waals surface area (Å²) in [5.74, 6) is 1.23. The molecule has 0 spiro atoms. The molecule has 0 aliphatic rings. The predicted molar refractivity (Wildman–Crippen MR) is 120 cm³/mol. The van der Waals surface area contributed by atoms with Crippen molar-refractivity contribution in [1.29, 1.82) is 0 Å². The van der Waals surface area contributed by atoms with Crippen LogP contribution >= 0.6 is 0 Å². The maximum absolute atomic E-state index is 12.8. The van der Waals surface area contributed by atoms with E-state index in [-0.39, 0.29) is 11.3 Å². The minimum absolute atomic E-state index is 0.101. The van der Waals surface area contributed by atoms with E-state index in [0.29, 0.717) is 5.75 Å². The highest BCUT2D eigenvalue weighted by Gasteiger charge is 2.23. The van der Waals surface area contributed by atoms with Crippen LogP contribution in [0.5, 0.6) is 5.75 Å². The van der Waals surface area contributed by atoms with Crippen molar-refractivity contribution in [2.24, 2.45) is 7.05 Å². The third-order valence-electron chi connectivity index (χ3n) is 5.06. The summed E-state index contributed by atoms with van der Waals surface area (Å²) >= 11 is 0. The van der Waals surface area contributed by atoms with Crippen LogP contribution in [0.4, 0.5) is 0 Å². The zero-order valence-electron chi connectivity index (χ0n) is 18.2. The van der Waals surface area contributed by atoms with E-state index < -0.39 is 6.04 Å². The molecule has 0 radical (unpaired) electrons. The zero-order valence-corrected chi connectivity index (χ0v) is 18.2. The smallest absolute Gasteiger partial charge is 0.244 e. The average Bonchev–Trinajstić information content (AvgIpc) is 3.15. The lowest BCUT2D eigenvalue weighted by Gasteiger charge is -2.20. The summed E-state index contributed by atoms with van der Waals surface area (Å²) in [4.78, 5) is 17.2. The number of hydrogen-bond donors (Lipinski definition) is 1. The van der Waals surface area contributed by atoms with Crippen molar-refractivity contribution in [2.75, 3.05) is 7.11 Å². The van der Waals surface area contributed by atoms with E-state index in [2.05, 4.69) is 43.2 Å². The number of nitrogens with zero attached hydrogens (tertiary/aromatic N) is 2. The number of ether oxygens (including phenoxy) is 1. The minimum atomic E-state index is -0.429. The molecule has 3 aromatic rings. The molecule has 1 N–H and O–H groups in total. The number of para-hydroxylation sites is 1. The van der Waals surface area contributed by atoms with Gasteiger partial charge in [0.05, 0.1) is 7.11 Å². The van der Waals surface area contributed by atoms with E-state index >= 15 is 0 Å². The lowest BCUT2D eigenvalue weighted by atomic mass is 9.87. The fourth-order valence-electron chi connectivity index (χ4n) is 3.30. The molecule has 1 unspecified atom stereocenters. The highest BCUT2D eigenvalue weighted by Crippen LogP contribution is 2.29. The molecule has 1 amide bonds. The molecule has 3 rings (SSSR count). The minimum Gasteiger partial charge on any atom is -0.496 e. The molecule has 2 aromatic carbocycles. The third kappa shape index (κ3) is 4.98. The van der Waals surface area contributed by atoms with Crippen LogP contribution in [0.1, 0.15) is 49.3 Å². The number of imidazole rings is 1. The Morgan fingerprint density at radius 2 is 1.83 bits per heavy atom. The van der Waals surface area contributed by atoms with Crippen molar-refractivity contribution in [1.82, 2.24) is 14.9 Å². The Morgan fingerprint density at radius 1 is 1.13 bits per heavy atom. The molecule has 0 aliphatic carbocycles. The average molecular weight is 404 g/mol. The number of carbonyl (C=O) groups excluding carboxylic acids is 1. The number of rotatable bonds is 6. The predicted octanol–water partition coefficient (Wildman–Crippen LogP) is 4.65. The largest absolute Gasteiger partial charge is 0.496 e. The summed E-state index contributed by atoms with van der Waals surface area (Å²) < 4.78 is 7.40. The van der Waals surface area contributed by atoms with E-state index in [4.69, 9.17) is 4.74 Å². The first-order chi connectivity index (χ1) is 14.3. The number of carbonyl (C=O) groups is 1. The first-order valence-electron chi connectivity index (χ1n) is 9.99. The molecule has 30 heavy (non-hydrogen) atoms. The molecule has 5 nitrogen and oxygen atoms in total. The number of benzene rings is 2. The van der Waals surface area contributed by atoms with Crippen molar-refractivity contribution in [3.05, 3.63) is 89.5 Å². The Morgan fingerprint density at radius 3 is 2.43 bits per heavy atom.